The molecule has 782 valence electrons. The Labute approximate surface area is 884 Å². The van der Waals surface area contributed by atoms with Crippen LogP contribution in [0.15, 0.2) is 187 Å². The Kier molecular flexibility index (Phi) is 31.7. The molecule has 7 fully saturated rings. The van der Waals surface area contributed by atoms with Gasteiger partial charge in [0, 0.05) is 64.3 Å². The highest BCUT2D eigenvalue weighted by atomic mass is 35.5. The summed E-state index contributed by atoms with van der Waals surface area (Å²) in [5.74, 6) is -0.345. The Morgan fingerprint density at radius 1 is 0.379 bits per heavy atom. The number of aliphatic hydroxyl groups is 5. The molecule has 0 bridgehead atoms. The third-order valence-electron chi connectivity index (χ3n) is 34.3. The maximum atomic E-state index is 13.3. The minimum Gasteiger partial charge on any atom is -0.409 e. The first-order valence-corrected chi connectivity index (χ1v) is 60.4. The van der Waals surface area contributed by atoms with Crippen molar-refractivity contribution in [2.24, 2.45) is 38.4 Å². The van der Waals surface area contributed by atoms with Crippen LogP contribution in [0, 0.1) is 38.4 Å². The number of nitrogens with zero attached hydrogens (tertiary/aromatic N) is 18. The molecule has 23 atom stereocenters. The first kappa shape index (κ1) is 112. The molecule has 29 nitrogen and oxygen atoms in total. The minimum absolute atomic E-state index is 0.00916. The van der Waals surface area contributed by atoms with Gasteiger partial charge in [-0.2, -0.15) is 0 Å². The van der Waals surface area contributed by atoms with Crippen molar-refractivity contribution in [2.75, 3.05) is 0 Å². The second-order valence-electron chi connectivity index (χ2n) is 47.1. The molecule has 1 saturated heterocycles. The molecule has 0 radical (unpaired) electrons. The van der Waals surface area contributed by atoms with Gasteiger partial charge in [0.2, 0.25) is 0 Å². The molecule has 6 saturated carbocycles. The zero-order valence-corrected chi connectivity index (χ0v) is 95.6. The highest BCUT2D eigenvalue weighted by molar-refractivity contribution is 6.75. The summed E-state index contributed by atoms with van der Waals surface area (Å²) in [4.78, 5) is 63.8. The van der Waals surface area contributed by atoms with E-state index in [4.69, 9.17) is 92.4 Å². The molecule has 5 N–H and O–H groups in total. The molecule has 12 aromatic heterocycles. The number of aromatic nitrogens is 18. The SMILES string of the molecule is C=C[C@@]1(C)C[C@@H](n2ccc3c(Cl)ncnc32)C(O[Si](C)(C)C(C)(C)C)C1(C)O.C=C[C@@]1(C)C[C@@H](n2ccc3c(Cl)ncnc32)C(O[Si](C)(C)C(C)(C)C)C1=O.C=C[C@@]1(C)C[C@@H](n2ccc3c(Cl)ncnc32)C(O[Si](C)(C)C(C)(C)C)[C@@H]1O.C=C[C@@]1(C)C[C@@H](n2ccc3c(Cl)ncnc32)[C@@H]2OC(C)(C)O[C@@H]21.C=C[C@@]1(C)C[C@@H](n2ccc3c(Cl)ncnc32)[C@H](O)[C@@H]1C.C=C[C@@]1(C)C[C@@H](n2ccc3c(Cl)ncnc32)[C@H](O)[C@@H]1O. The van der Waals surface area contributed by atoms with Crippen molar-refractivity contribution in [2.45, 2.75) is 327 Å². The number of ether oxygens (including phenoxy) is 2. The van der Waals surface area contributed by atoms with Gasteiger partial charge < -0.3 is 75.7 Å². The molecule has 7 aliphatic rings. The number of hydrogen-bond acceptors (Lipinski definition) is 23. The van der Waals surface area contributed by atoms with Crippen LogP contribution in [0.25, 0.3) is 66.2 Å². The van der Waals surface area contributed by atoms with Gasteiger partial charge in [0.15, 0.2) is 36.5 Å². The van der Waals surface area contributed by atoms with Gasteiger partial charge in [-0.05, 0) is 168 Å². The van der Waals surface area contributed by atoms with Gasteiger partial charge in [-0.3, -0.25) is 4.79 Å². The summed E-state index contributed by atoms with van der Waals surface area (Å²) in [5, 5.41) is 61.5. The van der Waals surface area contributed by atoms with Crippen LogP contribution in [0.1, 0.15) is 206 Å². The molecule has 19 rings (SSSR count). The Bertz CT molecular complexity index is 6750. The fourth-order valence-corrected chi connectivity index (χ4v) is 26.1. The van der Waals surface area contributed by atoms with Crippen molar-refractivity contribution in [3.63, 3.8) is 0 Å². The maximum absolute atomic E-state index is 13.3. The van der Waals surface area contributed by atoms with E-state index in [1.54, 1.807) is 12.2 Å². The van der Waals surface area contributed by atoms with Crippen LogP contribution < -0.4 is 0 Å². The Morgan fingerprint density at radius 2 is 0.690 bits per heavy atom. The molecular weight excluding hydrogens is 2010 g/mol. The van der Waals surface area contributed by atoms with Gasteiger partial charge in [-0.25, -0.2) is 59.8 Å². The molecule has 0 aromatic carbocycles. The van der Waals surface area contributed by atoms with E-state index in [9.17, 15) is 30.3 Å². The number of rotatable bonds is 18. The molecule has 12 aromatic rings. The van der Waals surface area contributed by atoms with Gasteiger partial charge >= 0.3 is 0 Å². The second kappa shape index (κ2) is 40.9. The van der Waals surface area contributed by atoms with E-state index in [-0.39, 0.29) is 98.3 Å². The first-order chi connectivity index (χ1) is 67.4. The van der Waals surface area contributed by atoms with E-state index < -0.39 is 88.5 Å². The third-order valence-corrected chi connectivity index (χ3v) is 49.5. The smallest absolute Gasteiger partial charge is 0.193 e. The predicted molar refractivity (Wildman–Crippen MR) is 586 cm³/mol. The lowest BCUT2D eigenvalue weighted by atomic mass is 9.77. The van der Waals surface area contributed by atoms with E-state index in [2.05, 4.69) is 242 Å². The highest BCUT2D eigenvalue weighted by Crippen LogP contribution is 2.60. The Morgan fingerprint density at radius 3 is 1.03 bits per heavy atom. The molecular formula is C107H144Cl6N18O11Si3. The van der Waals surface area contributed by atoms with Crippen LogP contribution >= 0.6 is 69.6 Å². The van der Waals surface area contributed by atoms with Crippen molar-refractivity contribution in [3.8, 4) is 0 Å². The summed E-state index contributed by atoms with van der Waals surface area (Å²) in [7, 11) is -6.37. The zero-order chi connectivity index (χ0) is 107. The van der Waals surface area contributed by atoms with Gasteiger partial charge in [-0.15, -0.1) is 39.5 Å². The maximum Gasteiger partial charge on any atom is 0.193 e. The molecule has 6 aliphatic carbocycles. The van der Waals surface area contributed by atoms with Crippen molar-refractivity contribution in [1.29, 1.82) is 0 Å². The molecule has 0 amide bonds. The van der Waals surface area contributed by atoms with Crippen LogP contribution in [-0.2, 0) is 27.5 Å². The third kappa shape index (κ3) is 20.7. The van der Waals surface area contributed by atoms with Gasteiger partial charge in [0.1, 0.15) is 121 Å². The van der Waals surface area contributed by atoms with Crippen LogP contribution in [0.5, 0.6) is 0 Å². The fraction of sp³-hybridized carbons (Fsp3) is 0.542. The number of hydrogen-bond donors (Lipinski definition) is 5. The van der Waals surface area contributed by atoms with Crippen LogP contribution in [-0.4, -0.2) is 210 Å². The second-order valence-corrected chi connectivity index (χ2v) is 63.5. The molecule has 4 unspecified atom stereocenters. The molecule has 38 heteroatoms. The first-order valence-electron chi connectivity index (χ1n) is 49.4. The van der Waals surface area contributed by atoms with Gasteiger partial charge in [0.05, 0.1) is 111 Å². The lowest BCUT2D eigenvalue weighted by Gasteiger charge is -2.45. The highest BCUT2D eigenvalue weighted by Gasteiger charge is 2.63. The van der Waals surface area contributed by atoms with E-state index in [1.165, 1.54) is 38.0 Å². The van der Waals surface area contributed by atoms with E-state index in [0.29, 0.717) is 55.8 Å². The van der Waals surface area contributed by atoms with E-state index in [0.717, 1.165) is 79.8 Å². The number of ketones is 1. The van der Waals surface area contributed by atoms with Crippen LogP contribution in [0.3, 0.4) is 0 Å². The lowest BCUT2D eigenvalue weighted by Crippen LogP contribution is -2.54. The van der Waals surface area contributed by atoms with Crippen molar-refractivity contribution < 1.29 is 53.1 Å². The zero-order valence-electron chi connectivity index (χ0n) is 88.1. The topological polar surface area (TPSA) is 349 Å². The predicted octanol–water partition coefficient (Wildman–Crippen LogP) is 24.4. The summed E-state index contributed by atoms with van der Waals surface area (Å²) in [5.41, 5.74) is 1.19. The van der Waals surface area contributed by atoms with E-state index >= 15 is 0 Å². The molecule has 1 aliphatic heterocycles. The molecule has 0 spiro atoms. The average Bonchev–Trinajstić information content (AvgIpc) is 1.53. The number of carbonyl (C=O) groups is 1. The number of fused-ring (bicyclic) bond motifs is 7. The molecule has 145 heavy (non-hydrogen) atoms. The summed E-state index contributed by atoms with van der Waals surface area (Å²) in [6.45, 7) is 76.7. The summed E-state index contributed by atoms with van der Waals surface area (Å²) < 4.78 is 44.8. The monoisotopic (exact) mass is 2150 g/mol. The lowest BCUT2D eigenvalue weighted by molar-refractivity contribution is -0.164. The molecule has 13 heterocycles. The van der Waals surface area contributed by atoms with Gasteiger partial charge in [0.25, 0.3) is 0 Å². The summed E-state index contributed by atoms with van der Waals surface area (Å²) >= 11 is 37.0. The normalized spacial score (nSPS) is 31.5. The average molecular weight is 2160 g/mol. The van der Waals surface area contributed by atoms with Crippen molar-refractivity contribution in [3.05, 3.63) is 218 Å². The van der Waals surface area contributed by atoms with Gasteiger partial charge in [-0.1, -0.05) is 210 Å². The Hall–Kier alpha value is -8.18. The number of allylic oxidation sites excluding steroid dienone is 2. The van der Waals surface area contributed by atoms with E-state index in [1.807, 2.05) is 153 Å². The summed E-state index contributed by atoms with van der Waals surface area (Å²) in [6, 6.07) is 11.0. The fourth-order valence-electron chi connectivity index (χ4n) is 21.0. The van der Waals surface area contributed by atoms with Crippen LogP contribution in [0.4, 0.5) is 0 Å². The number of halogens is 6. The number of Topliss-reactive ketones (excluding diaryl/α,β-unsaturated/α-hetero) is 1. The van der Waals surface area contributed by atoms with Crippen molar-refractivity contribution >= 4 is 167 Å². The standard InChI is InChI=1S/C21H32ClN3O2Si.C20H30ClN3O2Si.C20H28ClN3O2Si.C17H20ClN3O2.C15H18ClN3O.C14H16ClN3O2/c1-9-20(5)12-15(25-11-10-14-17(22)23-13-24-18(14)25)16(21(20,6)26)27-28(7,8)19(2,3)4;2*1-8-20(5)11-14(15(16(20)25)26-27(6,7)19(2,3)4)24-10-9-13-17(21)22-12-23-18(13)24;1-5-17(4)8-11(12-13(17)23-16(2,3)22-12)21-7-6-10-14(18)19-9-20-15(10)21;1-4-15(3)7-11(12(20)9(15)2)19-6-5-10-13(16)17-8-18-14(10)19;1-3-14(2)6-9(10(19)11(14)20)18-5-4-8-12(15)16-7-17-13(8)18/h9-11,13,15-16,26H,1,12H2,2-8H3;8-10,12,14-16,25H,1,11H2,2-7H3;8-10,12,14-15H,1,11H2,2-7H3;5-7,9,11-13H,1,8H2,2-4H3;4-6,8-9,11-12,20H,1,7H2,2-3H3;3-5,7,9-11,19-20H,1,6H2,2H3/t15-,16?,20+,21?;14-,15?,16+,20+;14-,15?,20+;11-,12+,13+,17+;9-,11+,12+,15-;9-,10+,11+,14+/m111101/s1. The number of carbonyl (C=O) groups excluding carboxylic acids is 1. The minimum atomic E-state index is -2.15. The van der Waals surface area contributed by atoms with Crippen LogP contribution in [0.2, 0.25) is 85.3 Å². The quantitative estimate of drug-likeness (QED) is 0.0303. The Balaban J connectivity index is 0.000000138. The van der Waals surface area contributed by atoms with Crippen molar-refractivity contribution in [1.82, 2.24) is 87.2 Å². The number of aliphatic hydroxyl groups excluding tert-OH is 4. The largest absolute Gasteiger partial charge is 0.409 e. The summed E-state index contributed by atoms with van der Waals surface area (Å²) in [6.07, 6.45) is 31.8.